The van der Waals surface area contributed by atoms with Crippen LogP contribution in [0.1, 0.15) is 19.4 Å². The zero-order chi connectivity index (χ0) is 16.4. The van der Waals surface area contributed by atoms with Crippen LogP contribution in [-0.4, -0.2) is 16.7 Å². The first kappa shape index (κ1) is 16.4. The van der Waals surface area contributed by atoms with Crippen molar-refractivity contribution in [2.45, 2.75) is 20.0 Å². The van der Waals surface area contributed by atoms with Crippen molar-refractivity contribution in [3.63, 3.8) is 0 Å². The van der Waals surface area contributed by atoms with Crippen LogP contribution in [0.3, 0.4) is 0 Å². The molecule has 7 nitrogen and oxygen atoms in total. The van der Waals surface area contributed by atoms with Crippen LogP contribution in [0.4, 0.5) is 30.2 Å². The number of carbonyl (C=O) groups is 2. The summed E-state index contributed by atoms with van der Waals surface area (Å²) in [5, 5.41) is 14.7. The first-order valence-corrected chi connectivity index (χ1v) is 5.47. The molecule has 1 aromatic rings. The molecule has 114 valence electrons. The van der Waals surface area contributed by atoms with Gasteiger partial charge in [0.2, 0.25) is 11.8 Å². The molecule has 0 saturated carbocycles. The van der Waals surface area contributed by atoms with Gasteiger partial charge in [-0.05, 0) is 6.07 Å². The van der Waals surface area contributed by atoms with Gasteiger partial charge in [-0.25, -0.2) is 0 Å². The summed E-state index contributed by atoms with van der Waals surface area (Å²) < 4.78 is 38.7. The molecule has 0 fully saturated rings. The van der Waals surface area contributed by atoms with Crippen molar-refractivity contribution in [3.8, 4) is 0 Å². The number of halogens is 3. The minimum absolute atomic E-state index is 0.408. The molecule has 2 amide bonds. The molecule has 0 saturated heterocycles. The quantitative estimate of drug-likeness (QED) is 0.661. The minimum Gasteiger partial charge on any atom is -0.326 e. The van der Waals surface area contributed by atoms with Gasteiger partial charge >= 0.3 is 6.18 Å². The van der Waals surface area contributed by atoms with Gasteiger partial charge in [-0.3, -0.25) is 19.7 Å². The number of nitro groups is 1. The average molecular weight is 305 g/mol. The number of amides is 2. The molecule has 0 aliphatic heterocycles. The highest BCUT2D eigenvalue weighted by atomic mass is 19.4. The number of hydrogen-bond donors (Lipinski definition) is 2. The maximum atomic E-state index is 12.9. The van der Waals surface area contributed by atoms with Gasteiger partial charge in [0.1, 0.15) is 5.69 Å². The number of nitro benzene ring substituents is 1. The number of carbonyl (C=O) groups excluding carboxylic acids is 2. The van der Waals surface area contributed by atoms with Crippen molar-refractivity contribution in [1.29, 1.82) is 0 Å². The summed E-state index contributed by atoms with van der Waals surface area (Å²) in [5.41, 5.74) is -3.42. The Morgan fingerprint density at radius 3 is 1.95 bits per heavy atom. The Kier molecular flexibility index (Phi) is 4.51. The lowest BCUT2D eigenvalue weighted by molar-refractivity contribution is -0.383. The number of anilines is 2. The summed E-state index contributed by atoms with van der Waals surface area (Å²) in [6.07, 6.45) is -4.86. The molecule has 21 heavy (non-hydrogen) atoms. The van der Waals surface area contributed by atoms with Crippen molar-refractivity contribution >= 4 is 28.9 Å². The van der Waals surface area contributed by atoms with E-state index in [0.29, 0.717) is 12.1 Å². The maximum absolute atomic E-state index is 12.9. The Balaban J connectivity index is 3.56. The minimum atomic E-state index is -4.86. The molecule has 10 heteroatoms. The molecular weight excluding hydrogens is 295 g/mol. The van der Waals surface area contributed by atoms with Crippen molar-refractivity contribution in [2.75, 3.05) is 10.6 Å². The fourth-order valence-corrected chi connectivity index (χ4v) is 1.56. The van der Waals surface area contributed by atoms with Crippen LogP contribution in [-0.2, 0) is 15.8 Å². The highest BCUT2D eigenvalue weighted by molar-refractivity contribution is 5.95. The van der Waals surface area contributed by atoms with Crippen molar-refractivity contribution in [2.24, 2.45) is 0 Å². The Bertz CT molecular complexity index is 613. The Morgan fingerprint density at radius 2 is 1.57 bits per heavy atom. The van der Waals surface area contributed by atoms with E-state index in [4.69, 9.17) is 0 Å². The van der Waals surface area contributed by atoms with E-state index in [2.05, 4.69) is 0 Å². The van der Waals surface area contributed by atoms with Gasteiger partial charge in [0.15, 0.2) is 0 Å². The van der Waals surface area contributed by atoms with Crippen LogP contribution < -0.4 is 10.6 Å². The number of alkyl halides is 3. The first-order chi connectivity index (χ1) is 9.52. The molecule has 0 atom stereocenters. The van der Waals surface area contributed by atoms with Crippen LogP contribution >= 0.6 is 0 Å². The van der Waals surface area contributed by atoms with Crippen LogP contribution in [0.2, 0.25) is 0 Å². The van der Waals surface area contributed by atoms with E-state index in [1.54, 1.807) is 0 Å². The zero-order valence-corrected chi connectivity index (χ0v) is 10.9. The predicted molar refractivity (Wildman–Crippen MR) is 66.7 cm³/mol. The highest BCUT2D eigenvalue weighted by Gasteiger charge is 2.36. The van der Waals surface area contributed by atoms with Crippen molar-refractivity contribution < 1.29 is 27.7 Å². The molecule has 1 aromatic carbocycles. The lowest BCUT2D eigenvalue weighted by Gasteiger charge is -2.15. The van der Waals surface area contributed by atoms with Gasteiger partial charge in [0.05, 0.1) is 16.2 Å². The molecule has 0 radical (unpaired) electrons. The second-order valence-electron chi connectivity index (χ2n) is 4.03. The lowest BCUT2D eigenvalue weighted by Crippen LogP contribution is -2.16. The third kappa shape index (κ3) is 4.16. The van der Waals surface area contributed by atoms with E-state index in [0.717, 1.165) is 13.8 Å². The topological polar surface area (TPSA) is 101 Å². The van der Waals surface area contributed by atoms with Gasteiger partial charge in [0.25, 0.3) is 5.69 Å². The van der Waals surface area contributed by atoms with E-state index >= 15 is 0 Å². The fraction of sp³-hybridized carbons (Fsp3) is 0.273. The summed E-state index contributed by atoms with van der Waals surface area (Å²) >= 11 is 0. The van der Waals surface area contributed by atoms with Gasteiger partial charge < -0.3 is 10.6 Å². The number of benzene rings is 1. The second-order valence-corrected chi connectivity index (χ2v) is 4.03. The van der Waals surface area contributed by atoms with Gasteiger partial charge in [-0.2, -0.15) is 13.2 Å². The monoisotopic (exact) mass is 305 g/mol. The van der Waals surface area contributed by atoms with E-state index in [9.17, 15) is 32.9 Å². The highest BCUT2D eigenvalue weighted by Crippen LogP contribution is 2.40. The van der Waals surface area contributed by atoms with Crippen molar-refractivity contribution in [1.82, 2.24) is 0 Å². The predicted octanol–water partition coefficient (Wildman–Crippen LogP) is 2.53. The number of rotatable bonds is 3. The van der Waals surface area contributed by atoms with Crippen LogP contribution in [0, 0.1) is 10.1 Å². The third-order valence-electron chi connectivity index (χ3n) is 2.26. The lowest BCUT2D eigenvalue weighted by atomic mass is 10.1. The molecule has 2 N–H and O–H groups in total. The zero-order valence-electron chi connectivity index (χ0n) is 10.9. The molecular formula is C11H10F3N3O4. The summed E-state index contributed by atoms with van der Waals surface area (Å²) in [7, 11) is 0. The molecule has 1 rings (SSSR count). The summed E-state index contributed by atoms with van der Waals surface area (Å²) in [6.45, 7) is 1.96. The standard InChI is InChI=1S/C11H10F3N3O4/c1-5(18)15-8-4-10(17(20)21)9(16-6(2)19)3-7(8)11(12,13)14/h3-4H,1-2H3,(H,15,18)(H,16,19). The van der Waals surface area contributed by atoms with E-state index < -0.39 is 45.5 Å². The summed E-state index contributed by atoms with van der Waals surface area (Å²) in [5.74, 6) is -1.58. The average Bonchev–Trinajstić information content (AvgIpc) is 2.27. The van der Waals surface area contributed by atoms with Crippen LogP contribution in [0.15, 0.2) is 12.1 Å². The maximum Gasteiger partial charge on any atom is 0.418 e. The molecule has 0 spiro atoms. The van der Waals surface area contributed by atoms with E-state index in [1.165, 1.54) is 0 Å². The SMILES string of the molecule is CC(=O)Nc1cc(C(F)(F)F)c(NC(C)=O)cc1[N+](=O)[O-]. The number of nitrogens with zero attached hydrogens (tertiary/aromatic N) is 1. The van der Waals surface area contributed by atoms with Crippen LogP contribution in [0.5, 0.6) is 0 Å². The van der Waals surface area contributed by atoms with Crippen LogP contribution in [0.25, 0.3) is 0 Å². The number of hydrogen-bond acceptors (Lipinski definition) is 4. The number of nitrogens with one attached hydrogen (secondary N) is 2. The Labute approximate surface area is 116 Å². The Morgan fingerprint density at radius 1 is 1.10 bits per heavy atom. The normalized spacial score (nSPS) is 10.9. The van der Waals surface area contributed by atoms with E-state index in [-0.39, 0.29) is 0 Å². The molecule has 0 bridgehead atoms. The van der Waals surface area contributed by atoms with Gasteiger partial charge in [-0.15, -0.1) is 0 Å². The smallest absolute Gasteiger partial charge is 0.326 e. The molecule has 0 heterocycles. The van der Waals surface area contributed by atoms with Gasteiger partial charge in [0, 0.05) is 19.9 Å². The summed E-state index contributed by atoms with van der Waals surface area (Å²) in [4.78, 5) is 31.7. The fourth-order valence-electron chi connectivity index (χ4n) is 1.56. The molecule has 0 aliphatic rings. The summed E-state index contributed by atoms with van der Waals surface area (Å²) in [6, 6.07) is 0.959. The third-order valence-corrected chi connectivity index (χ3v) is 2.26. The largest absolute Gasteiger partial charge is 0.418 e. The molecule has 0 aliphatic carbocycles. The Hall–Kier alpha value is -2.65. The second kappa shape index (κ2) is 5.77. The molecule has 0 aromatic heterocycles. The van der Waals surface area contributed by atoms with Gasteiger partial charge in [-0.1, -0.05) is 0 Å². The molecule has 0 unspecified atom stereocenters. The first-order valence-electron chi connectivity index (χ1n) is 5.47. The van der Waals surface area contributed by atoms with Crippen molar-refractivity contribution in [3.05, 3.63) is 27.8 Å². The van der Waals surface area contributed by atoms with E-state index in [1.807, 2.05) is 10.6 Å².